The van der Waals surface area contributed by atoms with Gasteiger partial charge in [-0.3, -0.25) is 0 Å². The lowest BCUT2D eigenvalue weighted by molar-refractivity contribution is 0.0702. The highest BCUT2D eigenvalue weighted by molar-refractivity contribution is 7.21. The number of hydrogen-bond acceptors (Lipinski definition) is 3. The molecule has 0 radical (unpaired) electrons. The Hall–Kier alpha value is -3.83. The molecule has 2 heterocycles. The van der Waals surface area contributed by atoms with E-state index in [9.17, 15) is 9.90 Å². The molecule has 5 heteroatoms. The largest absolute Gasteiger partial charge is 0.488 e. The minimum Gasteiger partial charge on any atom is -0.488 e. The Morgan fingerprint density at radius 2 is 1.59 bits per heavy atom. The first-order valence-electron chi connectivity index (χ1n) is 10.3. The van der Waals surface area contributed by atoms with Crippen LogP contribution in [0.15, 0.2) is 91.0 Å². The Labute approximate surface area is 190 Å². The van der Waals surface area contributed by atoms with Gasteiger partial charge in [0.1, 0.15) is 17.2 Å². The number of aryl methyl sites for hydroxylation is 1. The molecule has 0 spiro atoms. The number of benzene rings is 3. The van der Waals surface area contributed by atoms with E-state index in [-0.39, 0.29) is 0 Å². The SMILES string of the molecule is Cn1c(-c2ccccc2OCc2ccccc2)c(-c2ccccc2)c2sc(C(=O)O)cc21. The molecule has 0 saturated carbocycles. The summed E-state index contributed by atoms with van der Waals surface area (Å²) in [6.07, 6.45) is 0. The molecule has 3 aromatic carbocycles. The van der Waals surface area contributed by atoms with E-state index in [1.54, 1.807) is 6.07 Å². The molecule has 1 N–H and O–H groups in total. The van der Waals surface area contributed by atoms with Gasteiger partial charge < -0.3 is 14.4 Å². The maximum atomic E-state index is 11.6. The Kier molecular flexibility index (Phi) is 5.25. The van der Waals surface area contributed by atoms with E-state index >= 15 is 0 Å². The molecule has 2 aromatic heterocycles. The van der Waals surface area contributed by atoms with Crippen LogP contribution >= 0.6 is 11.3 Å². The average Bonchev–Trinajstić information content (AvgIpc) is 3.38. The van der Waals surface area contributed by atoms with Crippen molar-refractivity contribution in [1.82, 2.24) is 4.57 Å². The summed E-state index contributed by atoms with van der Waals surface area (Å²) in [5, 5.41) is 9.55. The van der Waals surface area contributed by atoms with Crippen molar-refractivity contribution in [3.05, 3.63) is 101 Å². The summed E-state index contributed by atoms with van der Waals surface area (Å²) in [6.45, 7) is 0.473. The molecule has 0 saturated heterocycles. The van der Waals surface area contributed by atoms with Gasteiger partial charge in [0.2, 0.25) is 0 Å². The second kappa shape index (κ2) is 8.36. The van der Waals surface area contributed by atoms with Crippen molar-refractivity contribution in [3.63, 3.8) is 0 Å². The van der Waals surface area contributed by atoms with Crippen molar-refractivity contribution in [1.29, 1.82) is 0 Å². The number of para-hydroxylation sites is 1. The van der Waals surface area contributed by atoms with Crippen molar-refractivity contribution in [2.45, 2.75) is 6.61 Å². The highest BCUT2D eigenvalue weighted by Gasteiger charge is 2.24. The minimum absolute atomic E-state index is 0.336. The zero-order valence-electron chi connectivity index (χ0n) is 17.5. The van der Waals surface area contributed by atoms with Crippen LogP contribution in [-0.4, -0.2) is 15.6 Å². The molecule has 0 aliphatic rings. The number of thiophene rings is 1. The predicted molar refractivity (Wildman–Crippen MR) is 129 cm³/mol. The molecule has 0 amide bonds. The Morgan fingerprint density at radius 1 is 0.938 bits per heavy atom. The molecular weight excluding hydrogens is 418 g/mol. The number of fused-ring (bicyclic) bond motifs is 1. The van der Waals surface area contributed by atoms with E-state index in [0.29, 0.717) is 11.5 Å². The van der Waals surface area contributed by atoms with Crippen LogP contribution in [0.3, 0.4) is 0 Å². The zero-order chi connectivity index (χ0) is 22.1. The fourth-order valence-electron chi connectivity index (χ4n) is 4.02. The number of aromatic carboxylic acids is 1. The lowest BCUT2D eigenvalue weighted by Gasteiger charge is -2.15. The maximum absolute atomic E-state index is 11.6. The lowest BCUT2D eigenvalue weighted by Crippen LogP contribution is -2.00. The third-order valence-electron chi connectivity index (χ3n) is 5.53. The van der Waals surface area contributed by atoms with Crippen LogP contribution in [0.1, 0.15) is 15.2 Å². The van der Waals surface area contributed by atoms with Gasteiger partial charge >= 0.3 is 5.97 Å². The summed E-state index contributed by atoms with van der Waals surface area (Å²) < 4.78 is 9.29. The van der Waals surface area contributed by atoms with Crippen LogP contribution in [0.4, 0.5) is 0 Å². The third-order valence-corrected chi connectivity index (χ3v) is 6.66. The van der Waals surface area contributed by atoms with E-state index in [4.69, 9.17) is 4.74 Å². The van der Waals surface area contributed by atoms with Crippen molar-refractivity contribution in [2.24, 2.45) is 7.05 Å². The van der Waals surface area contributed by atoms with E-state index in [0.717, 1.165) is 43.9 Å². The number of ether oxygens (including phenoxy) is 1. The molecule has 32 heavy (non-hydrogen) atoms. The number of hydrogen-bond donors (Lipinski definition) is 1. The monoisotopic (exact) mass is 439 g/mol. The Morgan fingerprint density at radius 3 is 2.31 bits per heavy atom. The number of carboxylic acid groups (broad SMARTS) is 1. The summed E-state index contributed by atoms with van der Waals surface area (Å²) in [4.78, 5) is 12.0. The van der Waals surface area contributed by atoms with Crippen LogP contribution in [0.25, 0.3) is 32.6 Å². The normalized spacial score (nSPS) is 11.0. The first-order chi connectivity index (χ1) is 15.6. The molecule has 0 fully saturated rings. The van der Waals surface area contributed by atoms with Crippen LogP contribution in [0.5, 0.6) is 5.75 Å². The number of aromatic nitrogens is 1. The van der Waals surface area contributed by atoms with Gasteiger partial charge in [0.25, 0.3) is 0 Å². The molecule has 4 nitrogen and oxygen atoms in total. The number of carbonyl (C=O) groups is 1. The van der Waals surface area contributed by atoms with Gasteiger partial charge in [-0.1, -0.05) is 72.8 Å². The summed E-state index contributed by atoms with van der Waals surface area (Å²) in [5.41, 5.74) is 6.06. The molecular formula is C27H21NO3S. The molecule has 0 atom stereocenters. The highest BCUT2D eigenvalue weighted by atomic mass is 32.1. The molecule has 0 unspecified atom stereocenters. The molecule has 158 valence electrons. The Balaban J connectivity index is 1.69. The second-order valence-electron chi connectivity index (χ2n) is 7.55. The third kappa shape index (κ3) is 3.57. The summed E-state index contributed by atoms with van der Waals surface area (Å²) in [6, 6.07) is 30.0. The first-order valence-corrected chi connectivity index (χ1v) is 11.1. The number of carboxylic acids is 1. The number of nitrogens with zero attached hydrogens (tertiary/aromatic N) is 1. The second-order valence-corrected chi connectivity index (χ2v) is 8.60. The fraction of sp³-hybridized carbons (Fsp3) is 0.0741. The van der Waals surface area contributed by atoms with Gasteiger partial charge in [0, 0.05) is 18.2 Å². The summed E-state index contributed by atoms with van der Waals surface area (Å²) in [5.74, 6) is -0.112. The molecule has 0 aliphatic carbocycles. The van der Waals surface area contributed by atoms with Gasteiger partial charge in [-0.2, -0.15) is 0 Å². The molecule has 5 rings (SSSR count). The van der Waals surface area contributed by atoms with Crippen molar-refractivity contribution in [3.8, 4) is 28.1 Å². The average molecular weight is 440 g/mol. The minimum atomic E-state index is -0.904. The quantitative estimate of drug-likeness (QED) is 0.315. The predicted octanol–water partition coefficient (Wildman–Crippen LogP) is 6.85. The van der Waals surface area contributed by atoms with Gasteiger partial charge in [0.15, 0.2) is 0 Å². The van der Waals surface area contributed by atoms with Gasteiger partial charge in [-0.25, -0.2) is 4.79 Å². The van der Waals surface area contributed by atoms with Crippen molar-refractivity contribution < 1.29 is 14.6 Å². The highest BCUT2D eigenvalue weighted by Crippen LogP contribution is 2.46. The molecule has 5 aromatic rings. The van der Waals surface area contributed by atoms with E-state index in [1.807, 2.05) is 73.8 Å². The molecule has 0 aliphatic heterocycles. The topological polar surface area (TPSA) is 51.5 Å². The first kappa shape index (κ1) is 20.1. The van der Waals surface area contributed by atoms with Crippen LogP contribution in [0, 0.1) is 0 Å². The lowest BCUT2D eigenvalue weighted by atomic mass is 10.0. The summed E-state index contributed by atoms with van der Waals surface area (Å²) >= 11 is 1.31. The van der Waals surface area contributed by atoms with E-state index in [2.05, 4.69) is 22.8 Å². The zero-order valence-corrected chi connectivity index (χ0v) is 18.3. The van der Waals surface area contributed by atoms with Crippen molar-refractivity contribution >= 4 is 27.5 Å². The van der Waals surface area contributed by atoms with E-state index < -0.39 is 5.97 Å². The summed E-state index contributed by atoms with van der Waals surface area (Å²) in [7, 11) is 1.98. The standard InChI is InChI=1S/C27H21NO3S/c1-28-21-16-23(27(29)30)32-26(21)24(19-12-6-3-7-13-19)25(28)20-14-8-9-15-22(20)31-17-18-10-4-2-5-11-18/h2-16H,17H2,1H3,(H,29,30). The van der Waals surface area contributed by atoms with Crippen LogP contribution < -0.4 is 4.74 Å². The Bertz CT molecular complexity index is 1400. The smallest absolute Gasteiger partial charge is 0.345 e. The van der Waals surface area contributed by atoms with Crippen molar-refractivity contribution in [2.75, 3.05) is 0 Å². The number of rotatable bonds is 6. The van der Waals surface area contributed by atoms with Crippen LogP contribution in [0.2, 0.25) is 0 Å². The maximum Gasteiger partial charge on any atom is 0.345 e. The molecule has 0 bridgehead atoms. The van der Waals surface area contributed by atoms with Gasteiger partial charge in [-0.15, -0.1) is 11.3 Å². The van der Waals surface area contributed by atoms with Gasteiger partial charge in [0.05, 0.1) is 15.9 Å². The van der Waals surface area contributed by atoms with Gasteiger partial charge in [-0.05, 0) is 29.3 Å². The fourth-order valence-corrected chi connectivity index (χ4v) is 5.12. The van der Waals surface area contributed by atoms with Crippen LogP contribution in [-0.2, 0) is 13.7 Å². The van der Waals surface area contributed by atoms with E-state index in [1.165, 1.54) is 11.3 Å².